The second-order valence-corrected chi connectivity index (χ2v) is 8.15. The van der Waals surface area contributed by atoms with Crippen molar-refractivity contribution in [1.82, 2.24) is 20.2 Å². The lowest BCUT2D eigenvalue weighted by Gasteiger charge is -2.27. The van der Waals surface area contributed by atoms with Crippen molar-refractivity contribution in [2.75, 3.05) is 20.1 Å². The van der Waals surface area contributed by atoms with Crippen LogP contribution in [0.3, 0.4) is 0 Å². The van der Waals surface area contributed by atoms with Crippen LogP contribution in [0.4, 0.5) is 4.39 Å². The van der Waals surface area contributed by atoms with Gasteiger partial charge in [0.15, 0.2) is 0 Å². The molecule has 166 valence electrons. The molecule has 2 aromatic heterocycles. The number of carbonyl (C=O) groups excluding carboxylic acids is 1. The Kier molecular flexibility index (Phi) is 6.19. The normalized spacial score (nSPS) is 14.4. The molecular weight excluding hydrogens is 407 g/mol. The number of halogens is 1. The number of hydrogen-bond acceptors (Lipinski definition) is 4. The summed E-state index contributed by atoms with van der Waals surface area (Å²) in [7, 11) is 1.49. The number of benzene rings is 1. The lowest BCUT2D eigenvalue weighted by molar-refractivity contribution is 0.0959. The first-order valence-corrected chi connectivity index (χ1v) is 10.8. The molecule has 2 N–H and O–H groups in total. The molecule has 3 aromatic rings. The van der Waals surface area contributed by atoms with E-state index in [4.69, 9.17) is 0 Å². The van der Waals surface area contributed by atoms with Crippen molar-refractivity contribution in [2.45, 2.75) is 33.2 Å². The van der Waals surface area contributed by atoms with Crippen LogP contribution in [-0.4, -0.2) is 40.9 Å². The summed E-state index contributed by atoms with van der Waals surface area (Å²) in [6.45, 7) is 5.95. The summed E-state index contributed by atoms with van der Waals surface area (Å²) in [6.07, 6.45) is 5.44. The first-order valence-electron chi connectivity index (χ1n) is 10.8. The fraction of sp³-hybridized carbons (Fsp3) is 0.320. The molecular formula is C25H27FN4O2. The highest BCUT2D eigenvalue weighted by atomic mass is 19.1. The first-order chi connectivity index (χ1) is 15.4. The first kappa shape index (κ1) is 21.9. The molecule has 0 unspecified atom stereocenters. The maximum Gasteiger partial charge on any atom is 0.254 e. The van der Waals surface area contributed by atoms with Crippen molar-refractivity contribution >= 4 is 22.5 Å². The molecule has 32 heavy (non-hydrogen) atoms. The van der Waals surface area contributed by atoms with Crippen LogP contribution in [0.15, 0.2) is 41.3 Å². The van der Waals surface area contributed by atoms with Gasteiger partial charge in [-0.1, -0.05) is 19.1 Å². The van der Waals surface area contributed by atoms with Gasteiger partial charge in [-0.2, -0.15) is 0 Å². The average molecular weight is 435 g/mol. The van der Waals surface area contributed by atoms with Crippen LogP contribution in [0.5, 0.6) is 0 Å². The van der Waals surface area contributed by atoms with Crippen LogP contribution in [0.25, 0.3) is 16.6 Å². The molecule has 1 amide bonds. The number of nitrogens with zero attached hydrogens (tertiary/aromatic N) is 2. The molecule has 7 heteroatoms. The molecule has 4 rings (SSSR count). The van der Waals surface area contributed by atoms with Gasteiger partial charge in [-0.3, -0.25) is 19.5 Å². The van der Waals surface area contributed by atoms with E-state index in [-0.39, 0.29) is 11.1 Å². The van der Waals surface area contributed by atoms with Gasteiger partial charge in [0.25, 0.3) is 11.5 Å². The molecule has 0 saturated heterocycles. The third kappa shape index (κ3) is 4.21. The third-order valence-corrected chi connectivity index (χ3v) is 6.11. The second kappa shape index (κ2) is 9.04. The Balaban J connectivity index is 1.50. The fourth-order valence-corrected chi connectivity index (χ4v) is 4.22. The molecule has 0 radical (unpaired) electrons. The van der Waals surface area contributed by atoms with Crippen molar-refractivity contribution in [3.8, 4) is 0 Å². The minimum atomic E-state index is -0.465. The van der Waals surface area contributed by atoms with Gasteiger partial charge in [0.1, 0.15) is 5.82 Å². The maximum absolute atomic E-state index is 14.7. The molecule has 0 fully saturated rings. The number of aromatic nitrogens is 2. The Labute approximate surface area is 186 Å². The molecule has 0 saturated carbocycles. The largest absolute Gasteiger partial charge is 0.355 e. The number of pyridine rings is 2. The average Bonchev–Trinajstić information content (AvgIpc) is 2.80. The zero-order valence-electron chi connectivity index (χ0n) is 18.6. The molecule has 1 aromatic carbocycles. The molecule has 6 nitrogen and oxygen atoms in total. The number of hydrogen-bond donors (Lipinski definition) is 2. The Bertz CT molecular complexity index is 1280. The van der Waals surface area contributed by atoms with E-state index in [1.807, 2.05) is 31.3 Å². The zero-order chi connectivity index (χ0) is 22.8. The van der Waals surface area contributed by atoms with E-state index in [9.17, 15) is 14.0 Å². The van der Waals surface area contributed by atoms with Gasteiger partial charge in [0.05, 0.1) is 16.6 Å². The number of aromatic amines is 1. The molecule has 0 aliphatic carbocycles. The van der Waals surface area contributed by atoms with Gasteiger partial charge in [0.2, 0.25) is 0 Å². The predicted molar refractivity (Wildman–Crippen MR) is 124 cm³/mol. The van der Waals surface area contributed by atoms with E-state index in [0.717, 1.165) is 52.8 Å². The number of rotatable bonds is 5. The predicted octanol–water partition coefficient (Wildman–Crippen LogP) is 3.58. The smallest absolute Gasteiger partial charge is 0.254 e. The van der Waals surface area contributed by atoms with Crippen LogP contribution in [0, 0.1) is 12.7 Å². The summed E-state index contributed by atoms with van der Waals surface area (Å²) in [4.78, 5) is 33.7. The van der Waals surface area contributed by atoms with Gasteiger partial charge in [-0.15, -0.1) is 0 Å². The molecule has 1 aliphatic rings. The SMILES string of the molecule is CCc1cc2ncc(CN3CC=C(c4ccc(C(=O)NC)c(F)c4C)CC3)cc2[nH]c1=O. The van der Waals surface area contributed by atoms with Crippen LogP contribution in [0.2, 0.25) is 0 Å². The summed E-state index contributed by atoms with van der Waals surface area (Å²) < 4.78 is 14.7. The lowest BCUT2D eigenvalue weighted by atomic mass is 9.93. The maximum atomic E-state index is 14.7. The highest BCUT2D eigenvalue weighted by molar-refractivity contribution is 5.95. The van der Waals surface area contributed by atoms with E-state index in [0.29, 0.717) is 18.5 Å². The zero-order valence-corrected chi connectivity index (χ0v) is 18.6. The summed E-state index contributed by atoms with van der Waals surface area (Å²) in [5.41, 5.74) is 5.77. The summed E-state index contributed by atoms with van der Waals surface area (Å²) in [5, 5.41) is 2.47. The Morgan fingerprint density at radius 2 is 2.12 bits per heavy atom. The van der Waals surface area contributed by atoms with E-state index < -0.39 is 11.7 Å². The molecule has 0 spiro atoms. The van der Waals surface area contributed by atoms with E-state index in [1.165, 1.54) is 7.05 Å². The van der Waals surface area contributed by atoms with Crippen molar-refractivity contribution in [3.63, 3.8) is 0 Å². The van der Waals surface area contributed by atoms with Gasteiger partial charge < -0.3 is 10.3 Å². The number of carbonyl (C=O) groups is 1. The molecule has 0 atom stereocenters. The number of fused-ring (bicyclic) bond motifs is 1. The van der Waals surface area contributed by atoms with E-state index >= 15 is 0 Å². The Hall–Kier alpha value is -3.32. The Morgan fingerprint density at radius 1 is 1.31 bits per heavy atom. The highest BCUT2D eigenvalue weighted by Crippen LogP contribution is 2.28. The monoisotopic (exact) mass is 434 g/mol. The Morgan fingerprint density at radius 3 is 2.81 bits per heavy atom. The van der Waals surface area contributed by atoms with Gasteiger partial charge in [0, 0.05) is 38.4 Å². The summed E-state index contributed by atoms with van der Waals surface area (Å²) in [5.74, 6) is -0.884. The van der Waals surface area contributed by atoms with E-state index in [2.05, 4.69) is 26.3 Å². The topological polar surface area (TPSA) is 78.1 Å². The number of nitrogens with one attached hydrogen (secondary N) is 2. The van der Waals surface area contributed by atoms with Crippen LogP contribution in [0.1, 0.15) is 46.0 Å². The lowest BCUT2D eigenvalue weighted by Crippen LogP contribution is -2.28. The van der Waals surface area contributed by atoms with Crippen LogP contribution < -0.4 is 10.9 Å². The van der Waals surface area contributed by atoms with Crippen molar-refractivity contribution in [3.05, 3.63) is 80.5 Å². The number of H-pyrrole nitrogens is 1. The summed E-state index contributed by atoms with van der Waals surface area (Å²) in [6, 6.07) is 7.22. The van der Waals surface area contributed by atoms with Crippen molar-refractivity contribution in [1.29, 1.82) is 0 Å². The quantitative estimate of drug-likeness (QED) is 0.644. The number of aryl methyl sites for hydroxylation is 1. The van der Waals surface area contributed by atoms with Gasteiger partial charge in [-0.05, 0) is 60.2 Å². The van der Waals surface area contributed by atoms with Crippen molar-refractivity contribution < 1.29 is 9.18 Å². The van der Waals surface area contributed by atoms with Gasteiger partial charge in [-0.25, -0.2) is 4.39 Å². The van der Waals surface area contributed by atoms with E-state index in [1.54, 1.807) is 13.0 Å². The van der Waals surface area contributed by atoms with Crippen LogP contribution >= 0.6 is 0 Å². The minimum Gasteiger partial charge on any atom is -0.355 e. The summed E-state index contributed by atoms with van der Waals surface area (Å²) >= 11 is 0. The third-order valence-electron chi connectivity index (χ3n) is 6.11. The minimum absolute atomic E-state index is 0.0606. The highest BCUT2D eigenvalue weighted by Gasteiger charge is 2.19. The molecule has 0 bridgehead atoms. The van der Waals surface area contributed by atoms with Crippen molar-refractivity contribution in [2.24, 2.45) is 0 Å². The van der Waals surface area contributed by atoms with Crippen LogP contribution in [-0.2, 0) is 13.0 Å². The number of amides is 1. The standard InChI is InChI=1S/C25H27FN4O2/c1-4-17-12-21-22(29-24(17)31)11-16(13-28-21)14-30-9-7-18(8-10-30)19-5-6-20(25(32)27-3)23(26)15(19)2/h5-7,11-13H,4,8-10,14H2,1-3H3,(H,27,32)(H,29,31). The molecule has 3 heterocycles. The molecule has 1 aliphatic heterocycles. The fourth-order valence-electron chi connectivity index (χ4n) is 4.22. The van der Waals surface area contributed by atoms with Gasteiger partial charge >= 0.3 is 0 Å². The second-order valence-electron chi connectivity index (χ2n) is 8.15.